The summed E-state index contributed by atoms with van der Waals surface area (Å²) in [6.07, 6.45) is -15.1. The quantitative estimate of drug-likeness (QED) is 0.0605. The number of ether oxygens (including phenoxy) is 2. The van der Waals surface area contributed by atoms with Crippen LogP contribution in [0.3, 0.4) is 0 Å². The van der Waals surface area contributed by atoms with E-state index in [1.54, 1.807) is 0 Å². The number of H-pyrrole nitrogens is 1. The van der Waals surface area contributed by atoms with Crippen LogP contribution in [0, 0.1) is 0 Å². The number of aliphatic hydroxyl groups is 6. The second-order valence-corrected chi connectivity index (χ2v) is 14.5. The fourth-order valence-electron chi connectivity index (χ4n) is 4.59. The first kappa shape index (κ1) is 42.2. The number of aldehydes is 1. The van der Waals surface area contributed by atoms with Crippen LogP contribution >= 0.6 is 26.8 Å². The van der Waals surface area contributed by atoms with Crippen LogP contribution in [-0.4, -0.2) is 115 Å². The van der Waals surface area contributed by atoms with E-state index in [9.17, 15) is 63.9 Å². The van der Waals surface area contributed by atoms with Gasteiger partial charge in [0.25, 0.3) is 13.4 Å². The molecule has 4 heterocycles. The van der Waals surface area contributed by atoms with Crippen molar-refractivity contribution in [3.63, 3.8) is 0 Å². The van der Waals surface area contributed by atoms with Gasteiger partial charge in [-0.15, -0.1) is 11.3 Å². The Hall–Kier alpha value is 0.0300. The summed E-state index contributed by atoms with van der Waals surface area (Å²) in [5.41, 5.74) is -1.97. The minimum atomic E-state index is -5.67. The molecule has 0 radical (unpaired) electrons. The maximum absolute atomic E-state index is 12.5. The summed E-state index contributed by atoms with van der Waals surface area (Å²) in [7, 11) is -10.9. The van der Waals surface area contributed by atoms with E-state index >= 15 is 0 Å². The van der Waals surface area contributed by atoms with Crippen LogP contribution in [0.4, 0.5) is 0 Å². The Morgan fingerprint density at radius 2 is 1.59 bits per heavy atom. The number of hydrogen-bond acceptors (Lipinski definition) is 18. The number of nitrogens with one attached hydrogen (secondary N) is 1. The van der Waals surface area contributed by atoms with E-state index in [-0.39, 0.29) is 74.4 Å². The summed E-state index contributed by atoms with van der Waals surface area (Å²) in [4.78, 5) is 63.0. The number of phosphoric acid groups is 1. The van der Waals surface area contributed by atoms with Crippen LogP contribution < -0.4 is 80.2 Å². The largest absolute Gasteiger partial charge is 1.00 e. The maximum Gasteiger partial charge on any atom is 1.00 e. The first-order valence-corrected chi connectivity index (χ1v) is 16.8. The van der Waals surface area contributed by atoms with E-state index in [4.69, 9.17) is 9.47 Å². The molecule has 0 saturated carbocycles. The van der Waals surface area contributed by atoms with Gasteiger partial charge in [0.2, 0.25) is 0 Å². The third kappa shape index (κ3) is 9.84. The van der Waals surface area contributed by atoms with E-state index in [1.165, 1.54) is 12.1 Å². The molecule has 246 valence electrons. The molecule has 7 N–H and O–H groups in total. The van der Waals surface area contributed by atoms with Gasteiger partial charge in [-0.1, -0.05) is 0 Å². The van der Waals surface area contributed by atoms with E-state index in [2.05, 4.69) is 8.83 Å². The first-order valence-electron chi connectivity index (χ1n) is 12.8. The van der Waals surface area contributed by atoms with Crippen molar-refractivity contribution in [3.8, 4) is 10.4 Å². The maximum atomic E-state index is 12.5. The average Bonchev–Trinajstić information content (AvgIpc) is 3.54. The zero-order valence-electron chi connectivity index (χ0n) is 24.3. The molecule has 4 rings (SSSR count). The van der Waals surface area contributed by atoms with E-state index in [0.717, 1.165) is 22.1 Å². The summed E-state index contributed by atoms with van der Waals surface area (Å²) in [6, 6.07) is 2.87. The number of aromatic amines is 1. The van der Waals surface area contributed by atoms with Crippen LogP contribution in [0.2, 0.25) is 0 Å². The molecule has 19 nitrogen and oxygen atoms in total. The number of aromatic nitrogens is 2. The molecule has 11 atom stereocenters. The molecule has 2 unspecified atom stereocenters. The zero-order chi connectivity index (χ0) is 32.6. The Bertz CT molecular complexity index is 1550. The SMILES string of the molecule is O=Cc1ccc(-c2cn([C@@H]3O[C@H](COP(=O)([O-])OP(=O)([O-])CC[C@H]4O[C@H](CO)[C@H](O)[C@H](O)[C@H]4O)[C@@H](O)[C@H]3O)c(=O)[nH]c2=O)s1.[Na+].[Na+]. The third-order valence-electron chi connectivity index (χ3n) is 6.89. The minimum Gasteiger partial charge on any atom is -0.778 e. The van der Waals surface area contributed by atoms with Gasteiger partial charge in [0.05, 0.1) is 29.8 Å². The summed E-state index contributed by atoms with van der Waals surface area (Å²) < 4.78 is 44.6. The molecule has 2 aliphatic rings. The smallest absolute Gasteiger partial charge is 0.778 e. The van der Waals surface area contributed by atoms with Crippen molar-refractivity contribution in [2.75, 3.05) is 19.4 Å². The van der Waals surface area contributed by atoms with Crippen molar-refractivity contribution in [1.82, 2.24) is 9.55 Å². The molecule has 0 spiro atoms. The molecular weight excluding hydrogens is 704 g/mol. The van der Waals surface area contributed by atoms with Gasteiger partial charge in [0.15, 0.2) is 12.5 Å². The summed E-state index contributed by atoms with van der Waals surface area (Å²) in [5, 5.41) is 59.8. The van der Waals surface area contributed by atoms with Crippen LogP contribution in [0.5, 0.6) is 0 Å². The van der Waals surface area contributed by atoms with Gasteiger partial charge >= 0.3 is 64.8 Å². The van der Waals surface area contributed by atoms with Gasteiger partial charge in [-0.05, 0) is 18.6 Å². The summed E-state index contributed by atoms with van der Waals surface area (Å²) in [5.74, 6) is 0. The number of aliphatic hydroxyl groups excluding tert-OH is 6. The van der Waals surface area contributed by atoms with Crippen LogP contribution in [-0.2, 0) is 27.4 Å². The van der Waals surface area contributed by atoms with Crippen molar-refractivity contribution in [3.05, 3.63) is 44.0 Å². The Morgan fingerprint density at radius 1 is 0.957 bits per heavy atom. The first-order chi connectivity index (χ1) is 20.6. The summed E-state index contributed by atoms with van der Waals surface area (Å²) >= 11 is 0.932. The van der Waals surface area contributed by atoms with Crippen molar-refractivity contribution >= 4 is 33.0 Å². The molecule has 2 saturated heterocycles. The standard InChI is InChI=1S/C22H30N2O17P2S.2Na/c25-6-9-1-2-14(44-9)10-5-24(22(33)23-20(10)32)21-19(31)17(29)13(40-21)8-38-43(36,37)41-42(34,35)4-3-11-15(27)18(30)16(28)12(7-26)39-11;;/h1-2,5-6,11-13,15-19,21,26-31H,3-4,7-8H2,(H,34,35)(H,36,37)(H,23,32,33);;/q;2*+1/p-2/t11-,12-,13-,15+,16+,17-,18-,19-,21-;;/m1../s1. The molecule has 0 aromatic carbocycles. The van der Waals surface area contributed by atoms with Gasteiger partial charge in [-0.3, -0.25) is 28.0 Å². The molecular formula is C22H28N2Na2O17P2S. The molecule has 2 aromatic rings. The van der Waals surface area contributed by atoms with Crippen LogP contribution in [0.25, 0.3) is 10.4 Å². The Balaban J connectivity index is 0.00000368. The van der Waals surface area contributed by atoms with Gasteiger partial charge < -0.3 is 59.0 Å². The van der Waals surface area contributed by atoms with Gasteiger partial charge in [-0.2, -0.15) is 0 Å². The topological polar surface area (TPSA) is 310 Å². The molecule has 0 bridgehead atoms. The third-order valence-corrected chi connectivity index (χ3v) is 11.0. The van der Waals surface area contributed by atoms with Crippen molar-refractivity contribution in [2.24, 2.45) is 0 Å². The Labute approximate surface area is 307 Å². The molecule has 2 fully saturated rings. The number of nitrogens with zero attached hydrogens (tertiary/aromatic N) is 1. The predicted molar refractivity (Wildman–Crippen MR) is 141 cm³/mol. The van der Waals surface area contributed by atoms with Gasteiger partial charge in [-0.25, -0.2) is 4.79 Å². The number of phosphoric ester groups is 1. The van der Waals surface area contributed by atoms with Crippen LogP contribution in [0.1, 0.15) is 22.3 Å². The van der Waals surface area contributed by atoms with E-state index < -0.39 is 108 Å². The van der Waals surface area contributed by atoms with E-state index in [1.807, 2.05) is 4.98 Å². The van der Waals surface area contributed by atoms with Crippen molar-refractivity contribution in [1.29, 1.82) is 0 Å². The number of carbonyl (C=O) groups excluding carboxylic acids is 1. The zero-order valence-corrected chi connectivity index (χ0v) is 30.9. The van der Waals surface area contributed by atoms with Gasteiger partial charge in [0, 0.05) is 17.2 Å². The molecule has 46 heavy (non-hydrogen) atoms. The second kappa shape index (κ2) is 17.3. The number of hydrogen-bond donors (Lipinski definition) is 7. The molecule has 0 amide bonds. The van der Waals surface area contributed by atoms with Crippen molar-refractivity contribution < 1.29 is 132 Å². The van der Waals surface area contributed by atoms with Crippen molar-refractivity contribution in [2.45, 2.75) is 61.5 Å². The average molecular weight is 732 g/mol. The normalized spacial score (nSPS) is 32.0. The predicted octanol–water partition coefficient (Wildman–Crippen LogP) is -10.0. The van der Waals surface area contributed by atoms with E-state index in [0.29, 0.717) is 6.29 Å². The molecule has 24 heteroatoms. The monoisotopic (exact) mass is 732 g/mol. The molecule has 0 aliphatic carbocycles. The Kier molecular flexibility index (Phi) is 15.9. The summed E-state index contributed by atoms with van der Waals surface area (Å²) in [6.45, 7) is -1.85. The molecule has 2 aromatic heterocycles. The number of carbonyl (C=O) groups is 1. The van der Waals surface area contributed by atoms with Crippen LogP contribution in [0.15, 0.2) is 27.9 Å². The number of thiophene rings is 1. The second-order valence-electron chi connectivity index (χ2n) is 9.89. The van der Waals surface area contributed by atoms with Gasteiger partial charge in [0.1, 0.15) is 50.3 Å². The number of rotatable bonds is 12. The minimum absolute atomic E-state index is 0. The fourth-order valence-corrected chi connectivity index (χ4v) is 8.06. The molecule has 2 aliphatic heterocycles. The Morgan fingerprint density at radius 3 is 2.20 bits per heavy atom. The fraction of sp³-hybridized carbons (Fsp3) is 0.591.